The molecule has 0 aliphatic rings. The second kappa shape index (κ2) is 8.54. The summed E-state index contributed by atoms with van der Waals surface area (Å²) >= 11 is 5.81. The standard InChI is InChI=1S/C16H15ClN4O3/c17-12-5-3-6-13(8-12)20-16(24)18-10-15(23)21-19-9-11-4-1-2-7-14(11)22/h1-9,22H,10H2,(H,21,23)(H2,18,20,24)/b19-9-. The van der Waals surface area contributed by atoms with Gasteiger partial charge < -0.3 is 15.7 Å². The lowest BCUT2D eigenvalue weighted by Gasteiger charge is -2.07. The summed E-state index contributed by atoms with van der Waals surface area (Å²) in [6, 6.07) is 12.6. The molecule has 0 aliphatic carbocycles. The molecule has 0 spiro atoms. The second-order valence-corrected chi connectivity index (χ2v) is 5.11. The Labute approximate surface area is 143 Å². The van der Waals surface area contributed by atoms with Crippen LogP contribution in [-0.2, 0) is 4.79 Å². The maximum atomic E-state index is 11.7. The number of carbonyl (C=O) groups excluding carboxylic acids is 2. The van der Waals surface area contributed by atoms with Gasteiger partial charge in [-0.05, 0) is 30.3 Å². The fourth-order valence-corrected chi connectivity index (χ4v) is 1.90. The van der Waals surface area contributed by atoms with Crippen molar-refractivity contribution >= 4 is 35.4 Å². The van der Waals surface area contributed by atoms with Crippen molar-refractivity contribution in [3.8, 4) is 5.75 Å². The molecule has 0 heterocycles. The molecule has 24 heavy (non-hydrogen) atoms. The topological polar surface area (TPSA) is 103 Å². The number of amides is 3. The van der Waals surface area contributed by atoms with Crippen molar-refractivity contribution in [2.24, 2.45) is 5.10 Å². The van der Waals surface area contributed by atoms with E-state index in [4.69, 9.17) is 11.6 Å². The Bertz CT molecular complexity index is 764. The first kappa shape index (κ1) is 17.3. The van der Waals surface area contributed by atoms with E-state index < -0.39 is 11.9 Å². The van der Waals surface area contributed by atoms with E-state index >= 15 is 0 Å². The van der Waals surface area contributed by atoms with Gasteiger partial charge in [0, 0.05) is 16.3 Å². The number of carbonyl (C=O) groups is 2. The molecule has 0 atom stereocenters. The summed E-state index contributed by atoms with van der Waals surface area (Å²) in [6.45, 7) is -0.259. The van der Waals surface area contributed by atoms with Gasteiger partial charge in [0.15, 0.2) is 0 Å². The van der Waals surface area contributed by atoms with Gasteiger partial charge in [-0.15, -0.1) is 0 Å². The molecule has 124 valence electrons. The summed E-state index contributed by atoms with van der Waals surface area (Å²) in [7, 11) is 0. The normalized spacial score (nSPS) is 10.4. The monoisotopic (exact) mass is 346 g/mol. The number of nitrogens with one attached hydrogen (secondary N) is 3. The predicted octanol–water partition coefficient (Wildman–Crippen LogP) is 2.32. The van der Waals surface area contributed by atoms with E-state index in [1.54, 1.807) is 42.5 Å². The van der Waals surface area contributed by atoms with Crippen LogP contribution in [0, 0.1) is 0 Å². The molecule has 0 unspecified atom stereocenters. The van der Waals surface area contributed by atoms with E-state index in [2.05, 4.69) is 21.2 Å². The van der Waals surface area contributed by atoms with Gasteiger partial charge >= 0.3 is 6.03 Å². The Morgan fingerprint density at radius 2 is 1.96 bits per heavy atom. The van der Waals surface area contributed by atoms with Crippen molar-refractivity contribution in [2.75, 3.05) is 11.9 Å². The zero-order valence-electron chi connectivity index (χ0n) is 12.5. The molecule has 7 nitrogen and oxygen atoms in total. The minimum Gasteiger partial charge on any atom is -0.507 e. The summed E-state index contributed by atoms with van der Waals surface area (Å²) in [4.78, 5) is 23.2. The second-order valence-electron chi connectivity index (χ2n) is 4.67. The number of phenols is 1. The Balaban J connectivity index is 1.75. The van der Waals surface area contributed by atoms with Gasteiger partial charge in [0.2, 0.25) is 0 Å². The third-order valence-electron chi connectivity index (χ3n) is 2.82. The third-order valence-corrected chi connectivity index (χ3v) is 3.06. The Morgan fingerprint density at radius 1 is 1.17 bits per heavy atom. The smallest absolute Gasteiger partial charge is 0.319 e. The first-order valence-electron chi connectivity index (χ1n) is 6.95. The van der Waals surface area contributed by atoms with Crippen LogP contribution in [0.5, 0.6) is 5.75 Å². The number of rotatable bonds is 5. The number of halogens is 1. The third kappa shape index (κ3) is 5.62. The van der Waals surface area contributed by atoms with Crippen LogP contribution in [0.25, 0.3) is 0 Å². The Hall–Kier alpha value is -3.06. The van der Waals surface area contributed by atoms with E-state index in [9.17, 15) is 14.7 Å². The van der Waals surface area contributed by atoms with Crippen LogP contribution in [0.4, 0.5) is 10.5 Å². The van der Waals surface area contributed by atoms with Crippen molar-refractivity contribution in [2.45, 2.75) is 0 Å². The molecule has 2 aromatic rings. The lowest BCUT2D eigenvalue weighted by molar-refractivity contribution is -0.120. The van der Waals surface area contributed by atoms with Gasteiger partial charge in [-0.25, -0.2) is 10.2 Å². The summed E-state index contributed by atoms with van der Waals surface area (Å²) < 4.78 is 0. The van der Waals surface area contributed by atoms with Crippen LogP contribution in [0.15, 0.2) is 53.6 Å². The Morgan fingerprint density at radius 3 is 2.71 bits per heavy atom. The highest BCUT2D eigenvalue weighted by molar-refractivity contribution is 6.30. The van der Waals surface area contributed by atoms with E-state index in [1.807, 2.05) is 0 Å². The molecule has 0 saturated heterocycles. The summed E-state index contributed by atoms with van der Waals surface area (Å²) in [5.74, 6) is -0.461. The van der Waals surface area contributed by atoms with E-state index in [0.29, 0.717) is 16.3 Å². The molecule has 0 bridgehead atoms. The Kier molecular flexibility index (Phi) is 6.16. The van der Waals surface area contributed by atoms with E-state index in [1.165, 1.54) is 12.3 Å². The molecule has 2 aromatic carbocycles. The zero-order valence-corrected chi connectivity index (χ0v) is 13.2. The number of nitrogens with zero attached hydrogens (tertiary/aromatic N) is 1. The predicted molar refractivity (Wildman–Crippen MR) is 92.3 cm³/mol. The molecule has 0 radical (unpaired) electrons. The highest BCUT2D eigenvalue weighted by atomic mass is 35.5. The first-order valence-corrected chi connectivity index (χ1v) is 7.33. The average Bonchev–Trinajstić information content (AvgIpc) is 2.55. The highest BCUT2D eigenvalue weighted by Gasteiger charge is 2.05. The first-order chi connectivity index (χ1) is 11.5. The number of para-hydroxylation sites is 1. The lowest BCUT2D eigenvalue weighted by Crippen LogP contribution is -2.37. The molecule has 2 rings (SSSR count). The lowest BCUT2D eigenvalue weighted by atomic mass is 10.2. The van der Waals surface area contributed by atoms with Gasteiger partial charge in [0.1, 0.15) is 12.3 Å². The maximum absolute atomic E-state index is 11.7. The molecule has 4 N–H and O–H groups in total. The zero-order chi connectivity index (χ0) is 17.4. The van der Waals surface area contributed by atoms with Crippen molar-refractivity contribution in [1.29, 1.82) is 0 Å². The van der Waals surface area contributed by atoms with Crippen molar-refractivity contribution in [3.05, 3.63) is 59.1 Å². The summed E-state index contributed by atoms with van der Waals surface area (Å²) in [5, 5.41) is 18.6. The van der Waals surface area contributed by atoms with Crippen LogP contribution < -0.4 is 16.1 Å². The fourth-order valence-electron chi connectivity index (χ4n) is 1.71. The number of aromatic hydroxyl groups is 1. The number of phenolic OH excluding ortho intramolecular Hbond substituents is 1. The van der Waals surface area contributed by atoms with E-state index in [0.717, 1.165) is 0 Å². The van der Waals surface area contributed by atoms with Crippen LogP contribution in [0.2, 0.25) is 5.02 Å². The number of hydrogen-bond donors (Lipinski definition) is 4. The van der Waals surface area contributed by atoms with E-state index in [-0.39, 0.29) is 12.3 Å². The van der Waals surface area contributed by atoms with Crippen LogP contribution in [0.1, 0.15) is 5.56 Å². The molecule has 8 heteroatoms. The number of anilines is 1. The highest BCUT2D eigenvalue weighted by Crippen LogP contribution is 2.14. The fraction of sp³-hybridized carbons (Fsp3) is 0.0625. The quantitative estimate of drug-likeness (QED) is 0.493. The largest absolute Gasteiger partial charge is 0.507 e. The molecule has 0 aliphatic heterocycles. The van der Waals surface area contributed by atoms with Gasteiger partial charge in [-0.1, -0.05) is 29.8 Å². The van der Waals surface area contributed by atoms with Crippen molar-refractivity contribution in [1.82, 2.24) is 10.7 Å². The number of urea groups is 1. The number of hydrogen-bond acceptors (Lipinski definition) is 4. The minimum atomic E-state index is -0.544. The van der Waals surface area contributed by atoms with Gasteiger partial charge in [-0.2, -0.15) is 5.10 Å². The average molecular weight is 347 g/mol. The summed E-state index contributed by atoms with van der Waals surface area (Å²) in [5.41, 5.74) is 3.22. The van der Waals surface area contributed by atoms with Crippen LogP contribution >= 0.6 is 11.6 Å². The van der Waals surface area contributed by atoms with Crippen molar-refractivity contribution in [3.63, 3.8) is 0 Å². The molecule has 0 fully saturated rings. The maximum Gasteiger partial charge on any atom is 0.319 e. The van der Waals surface area contributed by atoms with Crippen LogP contribution in [0.3, 0.4) is 0 Å². The SMILES string of the molecule is O=C(CNC(=O)Nc1cccc(Cl)c1)N/N=C\c1ccccc1O. The van der Waals surface area contributed by atoms with Crippen molar-refractivity contribution < 1.29 is 14.7 Å². The molecular weight excluding hydrogens is 332 g/mol. The van der Waals surface area contributed by atoms with Crippen LogP contribution in [-0.4, -0.2) is 29.8 Å². The molecular formula is C16H15ClN4O3. The van der Waals surface area contributed by atoms with Gasteiger partial charge in [0.05, 0.1) is 6.21 Å². The van der Waals surface area contributed by atoms with Gasteiger partial charge in [0.25, 0.3) is 5.91 Å². The number of benzene rings is 2. The summed E-state index contributed by atoms with van der Waals surface area (Å²) in [6.07, 6.45) is 1.30. The molecule has 0 aromatic heterocycles. The molecule has 0 saturated carbocycles. The minimum absolute atomic E-state index is 0.0505. The molecule has 3 amide bonds. The number of hydrazone groups is 1. The van der Waals surface area contributed by atoms with Gasteiger partial charge in [-0.3, -0.25) is 4.79 Å².